The van der Waals surface area contributed by atoms with Gasteiger partial charge in [-0.05, 0) is 26.7 Å². The minimum atomic E-state index is -3.32. The summed E-state index contributed by atoms with van der Waals surface area (Å²) in [5.74, 6) is -4.01. The monoisotopic (exact) mass is 434 g/mol. The maximum absolute atomic E-state index is 14.8. The molecule has 0 amide bonds. The van der Waals surface area contributed by atoms with Crippen LogP contribution in [-0.2, 0) is 11.5 Å². The van der Waals surface area contributed by atoms with Crippen molar-refractivity contribution in [3.8, 4) is 0 Å². The number of hydrogen-bond acceptors (Lipinski definition) is 4. The quantitative estimate of drug-likeness (QED) is 0.556. The van der Waals surface area contributed by atoms with Gasteiger partial charge in [0.05, 0.1) is 28.0 Å². The van der Waals surface area contributed by atoms with Crippen LogP contribution in [-0.4, -0.2) is 21.2 Å². The fourth-order valence-electron chi connectivity index (χ4n) is 3.84. The van der Waals surface area contributed by atoms with Crippen molar-refractivity contribution < 1.29 is 17.6 Å². The minimum absolute atomic E-state index is 0.0539. The number of fused-ring (bicyclic) bond motifs is 1. The lowest BCUT2D eigenvalue weighted by molar-refractivity contribution is 0.0136. The molecule has 0 radical (unpaired) electrons. The minimum Gasteiger partial charge on any atom is -0.363 e. The van der Waals surface area contributed by atoms with Gasteiger partial charge in [0, 0.05) is 24.2 Å². The number of anilines is 1. The molecule has 164 valence electrons. The first-order valence-corrected chi connectivity index (χ1v) is 9.96. The molecule has 1 aliphatic carbocycles. The number of nitrogens with zero attached hydrogens (tertiary/aromatic N) is 3. The summed E-state index contributed by atoms with van der Waals surface area (Å²) in [6.45, 7) is 3.22. The SMILES string of the molecule is Cc1c(=O)n(C2(CF)CC2)cc2c(N[C@@H](C)c3cccc(C(C)(F)F)c3F)ncnc12. The Morgan fingerprint density at radius 1 is 1.29 bits per heavy atom. The zero-order valence-corrected chi connectivity index (χ0v) is 17.3. The van der Waals surface area contributed by atoms with Crippen molar-refractivity contribution in [1.82, 2.24) is 14.5 Å². The van der Waals surface area contributed by atoms with Gasteiger partial charge in [-0.25, -0.2) is 27.5 Å². The molecule has 0 spiro atoms. The van der Waals surface area contributed by atoms with Crippen LogP contribution < -0.4 is 10.9 Å². The molecule has 0 unspecified atom stereocenters. The van der Waals surface area contributed by atoms with E-state index in [4.69, 9.17) is 0 Å². The Kier molecular flexibility index (Phi) is 5.02. The molecule has 0 aliphatic heterocycles. The van der Waals surface area contributed by atoms with Crippen LogP contribution in [0.25, 0.3) is 10.9 Å². The lowest BCUT2D eigenvalue weighted by atomic mass is 10.0. The van der Waals surface area contributed by atoms with E-state index < -0.39 is 35.6 Å². The number of rotatable bonds is 6. The summed E-state index contributed by atoms with van der Waals surface area (Å²) >= 11 is 0. The molecule has 0 bridgehead atoms. The van der Waals surface area contributed by atoms with E-state index in [0.29, 0.717) is 42.0 Å². The molecule has 1 atom stereocenters. The number of halogens is 4. The first-order valence-electron chi connectivity index (χ1n) is 9.96. The highest BCUT2D eigenvalue weighted by Gasteiger charge is 2.46. The smallest absolute Gasteiger partial charge is 0.273 e. The molecule has 0 saturated heterocycles. The zero-order chi connectivity index (χ0) is 22.6. The van der Waals surface area contributed by atoms with Crippen molar-refractivity contribution in [2.24, 2.45) is 0 Å². The molecule has 1 aromatic carbocycles. The summed E-state index contributed by atoms with van der Waals surface area (Å²) in [4.78, 5) is 21.1. The van der Waals surface area contributed by atoms with Crippen LogP contribution >= 0.6 is 0 Å². The first-order chi connectivity index (χ1) is 14.6. The number of alkyl halides is 3. The van der Waals surface area contributed by atoms with Gasteiger partial charge in [-0.15, -0.1) is 0 Å². The predicted molar refractivity (Wildman–Crippen MR) is 110 cm³/mol. The predicted octanol–water partition coefficient (Wildman–Crippen LogP) is 4.98. The van der Waals surface area contributed by atoms with E-state index in [1.165, 1.54) is 29.2 Å². The third-order valence-electron chi connectivity index (χ3n) is 5.95. The Bertz CT molecular complexity index is 1210. The third-order valence-corrected chi connectivity index (χ3v) is 5.95. The number of benzene rings is 1. The van der Waals surface area contributed by atoms with Crippen molar-refractivity contribution in [2.75, 3.05) is 12.0 Å². The van der Waals surface area contributed by atoms with Gasteiger partial charge in [0.25, 0.3) is 11.5 Å². The normalized spacial score (nSPS) is 16.4. The highest BCUT2D eigenvalue weighted by atomic mass is 19.3. The van der Waals surface area contributed by atoms with E-state index in [1.54, 1.807) is 13.8 Å². The Balaban J connectivity index is 1.79. The van der Waals surface area contributed by atoms with Gasteiger partial charge in [0.2, 0.25) is 0 Å². The second kappa shape index (κ2) is 7.32. The van der Waals surface area contributed by atoms with Gasteiger partial charge in [-0.1, -0.05) is 18.2 Å². The molecule has 1 aliphatic rings. The second-order valence-corrected chi connectivity index (χ2v) is 8.23. The van der Waals surface area contributed by atoms with Gasteiger partial charge in [0.15, 0.2) is 0 Å². The molecule has 9 heteroatoms. The lowest BCUT2D eigenvalue weighted by Crippen LogP contribution is -2.33. The van der Waals surface area contributed by atoms with Gasteiger partial charge < -0.3 is 9.88 Å². The summed E-state index contributed by atoms with van der Waals surface area (Å²) < 4.78 is 57.3. The average molecular weight is 434 g/mol. The third kappa shape index (κ3) is 3.55. The number of pyridine rings is 1. The van der Waals surface area contributed by atoms with Crippen molar-refractivity contribution >= 4 is 16.7 Å². The van der Waals surface area contributed by atoms with Crippen LogP contribution in [0.1, 0.15) is 49.4 Å². The van der Waals surface area contributed by atoms with E-state index in [1.807, 2.05) is 0 Å². The number of hydrogen-bond donors (Lipinski definition) is 1. The van der Waals surface area contributed by atoms with Crippen molar-refractivity contribution in [3.05, 3.63) is 63.6 Å². The molecule has 3 aromatic rings. The zero-order valence-electron chi connectivity index (χ0n) is 17.3. The fourth-order valence-corrected chi connectivity index (χ4v) is 3.84. The summed E-state index contributed by atoms with van der Waals surface area (Å²) in [6, 6.07) is 3.15. The molecule has 2 aromatic heterocycles. The lowest BCUT2D eigenvalue weighted by Gasteiger charge is -2.21. The summed E-state index contributed by atoms with van der Waals surface area (Å²) in [5.41, 5.74) is -1.04. The molecule has 5 nitrogen and oxygen atoms in total. The average Bonchev–Trinajstić information content (AvgIpc) is 3.51. The number of aryl methyl sites for hydroxylation is 1. The largest absolute Gasteiger partial charge is 0.363 e. The molecule has 31 heavy (non-hydrogen) atoms. The Morgan fingerprint density at radius 2 is 2.00 bits per heavy atom. The first kappa shape index (κ1) is 21.3. The van der Waals surface area contributed by atoms with E-state index in [2.05, 4.69) is 15.3 Å². The summed E-state index contributed by atoms with van der Waals surface area (Å²) in [7, 11) is 0. The van der Waals surface area contributed by atoms with Crippen LogP contribution in [0.3, 0.4) is 0 Å². The van der Waals surface area contributed by atoms with E-state index in [-0.39, 0.29) is 11.1 Å². The van der Waals surface area contributed by atoms with Gasteiger partial charge >= 0.3 is 0 Å². The molecule has 4 rings (SSSR count). The van der Waals surface area contributed by atoms with Crippen molar-refractivity contribution in [1.29, 1.82) is 0 Å². The standard InChI is InChI=1S/C22H22F4N4O/c1-12-18-15(9-30(20(12)31)22(10-23)7-8-22)19(28-11-27-18)29-13(2)14-5-4-6-16(17(14)24)21(3,25)26/h4-6,9,11,13H,7-8,10H2,1-3H3,(H,27,28,29)/t13-/m0/s1. The van der Waals surface area contributed by atoms with Crippen molar-refractivity contribution in [2.45, 2.75) is 51.1 Å². The van der Waals surface area contributed by atoms with Gasteiger partial charge in [-0.3, -0.25) is 4.79 Å². The molecule has 1 saturated carbocycles. The van der Waals surface area contributed by atoms with E-state index >= 15 is 0 Å². The highest BCUT2D eigenvalue weighted by Crippen LogP contribution is 2.43. The molecular weight excluding hydrogens is 412 g/mol. The Labute approximate surface area is 176 Å². The van der Waals surface area contributed by atoms with Crippen LogP contribution in [0.4, 0.5) is 23.4 Å². The van der Waals surface area contributed by atoms with Crippen LogP contribution in [0, 0.1) is 12.7 Å². The maximum atomic E-state index is 14.8. The highest BCUT2D eigenvalue weighted by molar-refractivity contribution is 5.90. The number of aromatic nitrogens is 3. The molecule has 1 fully saturated rings. The van der Waals surface area contributed by atoms with E-state index in [0.717, 1.165) is 6.07 Å². The number of nitrogens with one attached hydrogen (secondary N) is 1. The maximum Gasteiger partial charge on any atom is 0.273 e. The summed E-state index contributed by atoms with van der Waals surface area (Å²) in [5, 5.41) is 3.51. The molecular formula is C22H22F4N4O. The fraction of sp³-hybridized carbons (Fsp3) is 0.409. The van der Waals surface area contributed by atoms with Gasteiger partial charge in [0.1, 0.15) is 24.6 Å². The topological polar surface area (TPSA) is 59.8 Å². The summed E-state index contributed by atoms with van der Waals surface area (Å²) in [6.07, 6.45) is 3.91. The van der Waals surface area contributed by atoms with Crippen LogP contribution in [0.5, 0.6) is 0 Å². The van der Waals surface area contributed by atoms with E-state index in [9.17, 15) is 22.4 Å². The van der Waals surface area contributed by atoms with Crippen LogP contribution in [0.2, 0.25) is 0 Å². The van der Waals surface area contributed by atoms with Crippen molar-refractivity contribution in [3.63, 3.8) is 0 Å². The van der Waals surface area contributed by atoms with Crippen LogP contribution in [0.15, 0.2) is 35.5 Å². The molecule has 2 heterocycles. The molecule has 1 N–H and O–H groups in total. The Morgan fingerprint density at radius 3 is 2.61 bits per heavy atom. The second-order valence-electron chi connectivity index (χ2n) is 8.23. The van der Waals surface area contributed by atoms with Gasteiger partial charge in [-0.2, -0.15) is 0 Å². The Hall–Kier alpha value is -2.97.